The van der Waals surface area contributed by atoms with Crippen LogP contribution in [0.15, 0.2) is 24.5 Å². The molecule has 17 heavy (non-hydrogen) atoms. The van der Waals surface area contributed by atoms with E-state index >= 15 is 0 Å². The standard InChI is InChI=1S/C11H15N3O.2ClH/c15-11(9-3-1-5-12-7-9)14-10-4-2-6-13-8-10;;/h2,4,6,8-9,12H,1,3,5,7H2,(H,14,15);2*1H/t9-;;/m1../s1. The van der Waals surface area contributed by atoms with Gasteiger partial charge in [0.05, 0.1) is 17.8 Å². The molecule has 6 heteroatoms. The molecule has 1 aromatic rings. The minimum atomic E-state index is 0. The lowest BCUT2D eigenvalue weighted by molar-refractivity contribution is -0.120. The zero-order valence-corrected chi connectivity index (χ0v) is 11.0. The Labute approximate surface area is 113 Å². The third-order valence-corrected chi connectivity index (χ3v) is 2.60. The van der Waals surface area contributed by atoms with Crippen LogP contribution in [0.25, 0.3) is 0 Å². The molecule has 1 saturated heterocycles. The molecule has 1 atom stereocenters. The molecule has 1 aromatic heterocycles. The van der Waals surface area contributed by atoms with Crippen LogP contribution in [0.5, 0.6) is 0 Å². The fourth-order valence-electron chi connectivity index (χ4n) is 1.76. The van der Waals surface area contributed by atoms with Crippen LogP contribution in [-0.2, 0) is 4.79 Å². The van der Waals surface area contributed by atoms with Crippen molar-refractivity contribution >= 4 is 36.4 Å². The second-order valence-corrected chi connectivity index (χ2v) is 3.77. The van der Waals surface area contributed by atoms with Gasteiger partial charge in [-0.1, -0.05) is 0 Å². The first-order valence-corrected chi connectivity index (χ1v) is 5.28. The van der Waals surface area contributed by atoms with Crippen LogP contribution >= 0.6 is 24.8 Å². The van der Waals surface area contributed by atoms with Gasteiger partial charge < -0.3 is 10.6 Å². The summed E-state index contributed by atoms with van der Waals surface area (Å²) in [6.07, 6.45) is 5.40. The van der Waals surface area contributed by atoms with Gasteiger partial charge in [0.2, 0.25) is 5.91 Å². The van der Waals surface area contributed by atoms with Crippen molar-refractivity contribution in [2.75, 3.05) is 18.4 Å². The molecule has 0 bridgehead atoms. The second kappa shape index (κ2) is 8.28. The second-order valence-electron chi connectivity index (χ2n) is 3.77. The molecule has 0 aliphatic carbocycles. The van der Waals surface area contributed by atoms with Crippen molar-refractivity contribution in [1.29, 1.82) is 0 Å². The molecule has 1 fully saturated rings. The molecule has 1 amide bonds. The number of piperidine rings is 1. The Morgan fingerprint density at radius 1 is 1.47 bits per heavy atom. The van der Waals surface area contributed by atoms with Gasteiger partial charge >= 0.3 is 0 Å². The first-order valence-electron chi connectivity index (χ1n) is 5.28. The molecule has 2 heterocycles. The molecule has 0 aromatic carbocycles. The monoisotopic (exact) mass is 277 g/mol. The van der Waals surface area contributed by atoms with Crippen LogP contribution in [0, 0.1) is 5.92 Å². The van der Waals surface area contributed by atoms with E-state index in [0.717, 1.165) is 31.6 Å². The summed E-state index contributed by atoms with van der Waals surface area (Å²) in [6, 6.07) is 3.66. The molecule has 0 saturated carbocycles. The molecule has 0 unspecified atom stereocenters. The Morgan fingerprint density at radius 2 is 2.29 bits per heavy atom. The highest BCUT2D eigenvalue weighted by molar-refractivity contribution is 5.92. The molecule has 2 N–H and O–H groups in total. The number of nitrogens with one attached hydrogen (secondary N) is 2. The lowest BCUT2D eigenvalue weighted by atomic mass is 9.99. The largest absolute Gasteiger partial charge is 0.324 e. The number of anilines is 1. The highest BCUT2D eigenvalue weighted by Gasteiger charge is 2.20. The Balaban J connectivity index is 0.00000128. The van der Waals surface area contributed by atoms with Crippen LogP contribution in [0.2, 0.25) is 0 Å². The normalized spacial score (nSPS) is 18.5. The Kier molecular flexibility index (Phi) is 7.87. The average Bonchev–Trinajstić information content (AvgIpc) is 2.31. The van der Waals surface area contributed by atoms with Gasteiger partial charge in [0, 0.05) is 12.7 Å². The van der Waals surface area contributed by atoms with Gasteiger partial charge in [-0.15, -0.1) is 24.8 Å². The van der Waals surface area contributed by atoms with Crippen LogP contribution in [0.4, 0.5) is 5.69 Å². The fourth-order valence-corrected chi connectivity index (χ4v) is 1.76. The number of carbonyl (C=O) groups is 1. The molecule has 0 spiro atoms. The number of rotatable bonds is 2. The van der Waals surface area contributed by atoms with Gasteiger partial charge in [-0.25, -0.2) is 0 Å². The summed E-state index contributed by atoms with van der Waals surface area (Å²) >= 11 is 0. The third-order valence-electron chi connectivity index (χ3n) is 2.60. The summed E-state index contributed by atoms with van der Waals surface area (Å²) in [5, 5.41) is 6.10. The van der Waals surface area contributed by atoms with E-state index in [0.29, 0.717) is 0 Å². The molecule has 4 nitrogen and oxygen atoms in total. The Hall–Kier alpha value is -0.840. The summed E-state index contributed by atoms with van der Waals surface area (Å²) < 4.78 is 0. The highest BCUT2D eigenvalue weighted by Crippen LogP contribution is 2.13. The van der Waals surface area contributed by atoms with E-state index in [1.807, 2.05) is 12.1 Å². The van der Waals surface area contributed by atoms with Crippen molar-refractivity contribution in [3.63, 3.8) is 0 Å². The zero-order chi connectivity index (χ0) is 10.5. The number of halogens is 2. The fraction of sp³-hybridized carbons (Fsp3) is 0.455. The van der Waals surface area contributed by atoms with E-state index in [2.05, 4.69) is 15.6 Å². The van der Waals surface area contributed by atoms with Gasteiger partial charge in [0.1, 0.15) is 0 Å². The van der Waals surface area contributed by atoms with Gasteiger partial charge in [0.25, 0.3) is 0 Å². The van der Waals surface area contributed by atoms with E-state index in [4.69, 9.17) is 0 Å². The summed E-state index contributed by atoms with van der Waals surface area (Å²) in [5.41, 5.74) is 0.771. The van der Waals surface area contributed by atoms with E-state index in [9.17, 15) is 4.79 Å². The zero-order valence-electron chi connectivity index (χ0n) is 9.39. The SMILES string of the molecule is Cl.Cl.O=C(Nc1cccnc1)[C@@H]1CCCNC1. The molecule has 0 radical (unpaired) electrons. The number of nitrogens with zero attached hydrogens (tertiary/aromatic N) is 1. The number of aromatic nitrogens is 1. The lowest BCUT2D eigenvalue weighted by Gasteiger charge is -2.21. The number of pyridine rings is 1. The average molecular weight is 278 g/mol. The number of amides is 1. The summed E-state index contributed by atoms with van der Waals surface area (Å²) in [5.74, 6) is 0.189. The third kappa shape index (κ3) is 4.89. The molecule has 1 aliphatic heterocycles. The van der Waals surface area contributed by atoms with Gasteiger partial charge in [0.15, 0.2) is 0 Å². The maximum atomic E-state index is 11.8. The van der Waals surface area contributed by atoms with Crippen LogP contribution in [0.3, 0.4) is 0 Å². The molecular weight excluding hydrogens is 261 g/mol. The summed E-state index contributed by atoms with van der Waals surface area (Å²) in [7, 11) is 0. The van der Waals surface area contributed by atoms with Crippen LogP contribution < -0.4 is 10.6 Å². The first-order chi connectivity index (χ1) is 7.36. The predicted octanol–water partition coefficient (Wildman–Crippen LogP) is 1.86. The number of hydrogen-bond acceptors (Lipinski definition) is 3. The van der Waals surface area contributed by atoms with Crippen LogP contribution in [-0.4, -0.2) is 24.0 Å². The van der Waals surface area contributed by atoms with Crippen molar-refractivity contribution in [3.8, 4) is 0 Å². The number of carbonyl (C=O) groups excluding carboxylic acids is 1. The quantitative estimate of drug-likeness (QED) is 0.868. The smallest absolute Gasteiger partial charge is 0.228 e. The minimum absolute atomic E-state index is 0. The van der Waals surface area contributed by atoms with E-state index < -0.39 is 0 Å². The maximum Gasteiger partial charge on any atom is 0.228 e. The van der Waals surface area contributed by atoms with Crippen molar-refractivity contribution in [2.24, 2.45) is 5.92 Å². The summed E-state index contributed by atoms with van der Waals surface area (Å²) in [4.78, 5) is 15.7. The van der Waals surface area contributed by atoms with Crippen molar-refractivity contribution in [2.45, 2.75) is 12.8 Å². The topological polar surface area (TPSA) is 54.0 Å². The van der Waals surface area contributed by atoms with Gasteiger partial charge in [-0.3, -0.25) is 9.78 Å². The Morgan fingerprint density at radius 3 is 2.88 bits per heavy atom. The molecular formula is C11H17Cl2N3O. The van der Waals surface area contributed by atoms with Gasteiger partial charge in [-0.05, 0) is 31.5 Å². The van der Waals surface area contributed by atoms with Crippen LogP contribution in [0.1, 0.15) is 12.8 Å². The maximum absolute atomic E-state index is 11.8. The molecule has 96 valence electrons. The van der Waals surface area contributed by atoms with Crippen molar-refractivity contribution in [1.82, 2.24) is 10.3 Å². The first kappa shape index (κ1) is 16.2. The van der Waals surface area contributed by atoms with E-state index in [-0.39, 0.29) is 36.6 Å². The van der Waals surface area contributed by atoms with Gasteiger partial charge in [-0.2, -0.15) is 0 Å². The van der Waals surface area contributed by atoms with Crippen molar-refractivity contribution < 1.29 is 4.79 Å². The number of hydrogen-bond donors (Lipinski definition) is 2. The predicted molar refractivity (Wildman–Crippen MR) is 73.0 cm³/mol. The van der Waals surface area contributed by atoms with E-state index in [1.54, 1.807) is 12.4 Å². The molecule has 2 rings (SSSR count). The van der Waals surface area contributed by atoms with E-state index in [1.165, 1.54) is 0 Å². The summed E-state index contributed by atoms with van der Waals surface area (Å²) in [6.45, 7) is 1.81. The Bertz CT molecular complexity index is 329. The molecule has 1 aliphatic rings. The minimum Gasteiger partial charge on any atom is -0.324 e. The highest BCUT2D eigenvalue weighted by atomic mass is 35.5. The lowest BCUT2D eigenvalue weighted by Crippen LogP contribution is -2.37. The van der Waals surface area contributed by atoms with Crippen molar-refractivity contribution in [3.05, 3.63) is 24.5 Å².